The highest BCUT2D eigenvalue weighted by Gasteiger charge is 2.13. The second-order valence-corrected chi connectivity index (χ2v) is 5.50. The summed E-state index contributed by atoms with van der Waals surface area (Å²) < 4.78 is 5.23. The molecule has 0 unspecified atom stereocenters. The van der Waals surface area contributed by atoms with Crippen LogP contribution < -0.4 is 10.1 Å². The highest BCUT2D eigenvalue weighted by molar-refractivity contribution is 6.44. The Kier molecular flexibility index (Phi) is 5.65. The zero-order valence-electron chi connectivity index (χ0n) is 11.4. The van der Waals surface area contributed by atoms with Crippen LogP contribution in [0.5, 0.6) is 5.75 Å². The van der Waals surface area contributed by atoms with Gasteiger partial charge in [-0.25, -0.2) is 0 Å². The summed E-state index contributed by atoms with van der Waals surface area (Å²) >= 11 is 17.7. The molecule has 0 aliphatic heterocycles. The summed E-state index contributed by atoms with van der Waals surface area (Å²) in [6, 6.07) is 8.51. The number of nitrogens with zero attached hydrogens (tertiary/aromatic N) is 1. The molecule has 0 aliphatic carbocycles. The third kappa shape index (κ3) is 4.48. The number of hydrogen-bond acceptors (Lipinski definition) is 4. The van der Waals surface area contributed by atoms with Gasteiger partial charge in [0.2, 0.25) is 0 Å². The minimum absolute atomic E-state index is 0.0350. The Morgan fingerprint density at radius 2 is 1.91 bits per heavy atom. The zero-order valence-corrected chi connectivity index (χ0v) is 13.7. The summed E-state index contributed by atoms with van der Waals surface area (Å²) in [5.74, 6) is -0.326. The van der Waals surface area contributed by atoms with Crippen LogP contribution in [-0.2, 0) is 4.79 Å². The van der Waals surface area contributed by atoms with Gasteiger partial charge in [0.25, 0.3) is 11.6 Å². The molecule has 0 heterocycles. The summed E-state index contributed by atoms with van der Waals surface area (Å²) in [6.07, 6.45) is 0. The standard InChI is InChI=1S/C14H9Cl3N2O4/c15-9-2-1-3-11(14(9)17)18-13(20)7-23-12-5-4-8(19(21)22)6-10(12)16/h1-6H,7H2,(H,18,20). The van der Waals surface area contributed by atoms with E-state index in [0.717, 1.165) is 6.07 Å². The van der Waals surface area contributed by atoms with Crippen LogP contribution in [0.1, 0.15) is 0 Å². The topological polar surface area (TPSA) is 81.5 Å². The van der Waals surface area contributed by atoms with Gasteiger partial charge in [0.15, 0.2) is 6.61 Å². The fraction of sp³-hybridized carbons (Fsp3) is 0.0714. The van der Waals surface area contributed by atoms with E-state index in [4.69, 9.17) is 39.5 Å². The Morgan fingerprint density at radius 1 is 1.17 bits per heavy atom. The first-order valence-electron chi connectivity index (χ1n) is 6.19. The molecule has 2 aromatic carbocycles. The first kappa shape index (κ1) is 17.3. The summed E-state index contributed by atoms with van der Waals surface area (Å²) in [7, 11) is 0. The molecular formula is C14H9Cl3N2O4. The molecule has 0 saturated carbocycles. The van der Waals surface area contributed by atoms with Gasteiger partial charge in [0, 0.05) is 12.1 Å². The maximum absolute atomic E-state index is 11.8. The molecule has 1 N–H and O–H groups in total. The molecule has 0 saturated heterocycles. The van der Waals surface area contributed by atoms with Gasteiger partial charge in [-0.2, -0.15) is 0 Å². The van der Waals surface area contributed by atoms with Gasteiger partial charge in [0.1, 0.15) is 5.75 Å². The minimum atomic E-state index is -0.580. The van der Waals surface area contributed by atoms with E-state index in [2.05, 4.69) is 5.32 Å². The smallest absolute Gasteiger partial charge is 0.271 e. The van der Waals surface area contributed by atoms with Gasteiger partial charge in [-0.1, -0.05) is 40.9 Å². The fourth-order valence-electron chi connectivity index (χ4n) is 1.65. The van der Waals surface area contributed by atoms with Crippen molar-refractivity contribution in [3.05, 3.63) is 61.6 Å². The van der Waals surface area contributed by atoms with E-state index in [0.29, 0.717) is 10.7 Å². The number of nitro benzene ring substituents is 1. The maximum atomic E-state index is 11.8. The molecule has 6 nitrogen and oxygen atoms in total. The van der Waals surface area contributed by atoms with E-state index >= 15 is 0 Å². The van der Waals surface area contributed by atoms with Gasteiger partial charge in [-0.05, 0) is 18.2 Å². The molecule has 0 aromatic heterocycles. The van der Waals surface area contributed by atoms with Crippen LogP contribution in [-0.4, -0.2) is 17.4 Å². The Bertz CT molecular complexity index is 768. The monoisotopic (exact) mass is 374 g/mol. The van der Waals surface area contributed by atoms with Gasteiger partial charge < -0.3 is 10.1 Å². The quantitative estimate of drug-likeness (QED) is 0.613. The number of halogens is 3. The lowest BCUT2D eigenvalue weighted by Gasteiger charge is -2.10. The highest BCUT2D eigenvalue weighted by atomic mass is 35.5. The number of hydrogen-bond donors (Lipinski definition) is 1. The number of amides is 1. The maximum Gasteiger partial charge on any atom is 0.271 e. The number of non-ortho nitro benzene ring substituents is 1. The zero-order chi connectivity index (χ0) is 17.0. The van der Waals surface area contributed by atoms with Crippen LogP contribution in [0.3, 0.4) is 0 Å². The van der Waals surface area contributed by atoms with Crippen molar-refractivity contribution in [3.63, 3.8) is 0 Å². The molecule has 2 rings (SSSR count). The molecule has 23 heavy (non-hydrogen) atoms. The second kappa shape index (κ2) is 7.50. The molecule has 0 fully saturated rings. The fourth-order valence-corrected chi connectivity index (χ4v) is 2.23. The third-order valence-electron chi connectivity index (χ3n) is 2.71. The lowest BCUT2D eigenvalue weighted by Crippen LogP contribution is -2.20. The molecule has 2 aromatic rings. The number of carbonyl (C=O) groups is 1. The summed E-state index contributed by atoms with van der Waals surface area (Å²) in [5, 5.41) is 13.7. The minimum Gasteiger partial charge on any atom is -0.482 e. The number of benzene rings is 2. The van der Waals surface area contributed by atoms with E-state index in [9.17, 15) is 14.9 Å². The second-order valence-electron chi connectivity index (χ2n) is 4.31. The average molecular weight is 376 g/mol. The van der Waals surface area contributed by atoms with E-state index < -0.39 is 10.8 Å². The molecule has 1 amide bonds. The van der Waals surface area contributed by atoms with Crippen molar-refractivity contribution in [2.45, 2.75) is 0 Å². The SMILES string of the molecule is O=C(COc1ccc([N+](=O)[O-])cc1Cl)Nc1cccc(Cl)c1Cl. The Balaban J connectivity index is 1.99. The Morgan fingerprint density at radius 3 is 2.57 bits per heavy atom. The number of rotatable bonds is 5. The average Bonchev–Trinajstić information content (AvgIpc) is 2.50. The van der Waals surface area contributed by atoms with Crippen LogP contribution in [0.4, 0.5) is 11.4 Å². The van der Waals surface area contributed by atoms with Crippen molar-refractivity contribution in [2.75, 3.05) is 11.9 Å². The van der Waals surface area contributed by atoms with Gasteiger partial charge in [-0.3, -0.25) is 14.9 Å². The lowest BCUT2D eigenvalue weighted by atomic mass is 10.3. The third-order valence-corrected chi connectivity index (χ3v) is 3.83. The van der Waals surface area contributed by atoms with E-state index in [1.165, 1.54) is 12.1 Å². The van der Waals surface area contributed by atoms with Crippen molar-refractivity contribution in [1.29, 1.82) is 0 Å². The lowest BCUT2D eigenvalue weighted by molar-refractivity contribution is -0.384. The molecule has 0 radical (unpaired) electrons. The number of carbonyl (C=O) groups excluding carboxylic acids is 1. The van der Waals surface area contributed by atoms with Crippen molar-refractivity contribution >= 4 is 52.1 Å². The summed E-state index contributed by atoms with van der Waals surface area (Å²) in [4.78, 5) is 21.9. The molecule has 9 heteroatoms. The normalized spacial score (nSPS) is 10.2. The van der Waals surface area contributed by atoms with Crippen LogP contribution in [0.25, 0.3) is 0 Å². The van der Waals surface area contributed by atoms with Crippen molar-refractivity contribution in [3.8, 4) is 5.75 Å². The van der Waals surface area contributed by atoms with Crippen LogP contribution in [0, 0.1) is 10.1 Å². The summed E-state index contributed by atoms with van der Waals surface area (Å²) in [6.45, 7) is -0.347. The molecule has 0 atom stereocenters. The van der Waals surface area contributed by atoms with E-state index in [1.807, 2.05) is 0 Å². The van der Waals surface area contributed by atoms with Crippen LogP contribution in [0.15, 0.2) is 36.4 Å². The number of anilines is 1. The molecule has 0 bridgehead atoms. The van der Waals surface area contributed by atoms with Crippen molar-refractivity contribution in [2.24, 2.45) is 0 Å². The predicted octanol–water partition coefficient (Wildman–Crippen LogP) is 4.57. The van der Waals surface area contributed by atoms with Crippen LogP contribution in [0.2, 0.25) is 15.1 Å². The predicted molar refractivity (Wildman–Crippen MR) is 88.7 cm³/mol. The summed E-state index contributed by atoms with van der Waals surface area (Å²) in [5.41, 5.74) is 0.181. The Hall–Kier alpha value is -2.02. The van der Waals surface area contributed by atoms with E-state index in [-0.39, 0.29) is 28.1 Å². The van der Waals surface area contributed by atoms with Crippen molar-refractivity contribution in [1.82, 2.24) is 0 Å². The number of nitro groups is 1. The number of ether oxygens (including phenoxy) is 1. The van der Waals surface area contributed by atoms with Gasteiger partial charge >= 0.3 is 0 Å². The molecular weight excluding hydrogens is 367 g/mol. The van der Waals surface area contributed by atoms with E-state index in [1.54, 1.807) is 18.2 Å². The molecule has 0 aliphatic rings. The Labute approximate surface area is 146 Å². The molecule has 0 spiro atoms. The van der Waals surface area contributed by atoms with Gasteiger partial charge in [-0.15, -0.1) is 0 Å². The van der Waals surface area contributed by atoms with Crippen LogP contribution >= 0.6 is 34.8 Å². The van der Waals surface area contributed by atoms with Gasteiger partial charge in [0.05, 0.1) is 25.7 Å². The van der Waals surface area contributed by atoms with Crippen molar-refractivity contribution < 1.29 is 14.5 Å². The first-order valence-corrected chi connectivity index (χ1v) is 7.32. The number of nitrogens with one attached hydrogen (secondary N) is 1. The highest BCUT2D eigenvalue weighted by Crippen LogP contribution is 2.30. The largest absolute Gasteiger partial charge is 0.482 e. The molecule has 120 valence electrons. The first-order chi connectivity index (χ1) is 10.9.